The number of halogens is 3. The second-order valence-corrected chi connectivity index (χ2v) is 6.60. The van der Waals surface area contributed by atoms with Crippen molar-refractivity contribution in [2.24, 2.45) is 0 Å². The molecule has 0 aliphatic rings. The highest BCUT2D eigenvalue weighted by Gasteiger charge is 2.09. The quantitative estimate of drug-likeness (QED) is 0.473. The van der Waals surface area contributed by atoms with Crippen LogP contribution in [0.5, 0.6) is 11.5 Å². The summed E-state index contributed by atoms with van der Waals surface area (Å²) in [6, 6.07) is 11.3. The third-order valence-electron chi connectivity index (χ3n) is 3.88. The van der Waals surface area contributed by atoms with Crippen molar-refractivity contribution in [3.63, 3.8) is 0 Å². The second-order valence-electron chi connectivity index (χ2n) is 5.76. The van der Waals surface area contributed by atoms with Crippen molar-refractivity contribution in [3.05, 3.63) is 82.5 Å². The Bertz CT molecular complexity index is 1120. The van der Waals surface area contributed by atoms with Crippen molar-refractivity contribution in [2.75, 3.05) is 5.32 Å². The van der Waals surface area contributed by atoms with E-state index in [1.165, 1.54) is 18.2 Å². The summed E-state index contributed by atoms with van der Waals surface area (Å²) in [4.78, 5) is 4.31. The zero-order valence-electron chi connectivity index (χ0n) is 13.9. The Labute approximate surface area is 164 Å². The van der Waals surface area contributed by atoms with Gasteiger partial charge in [-0.05, 0) is 24.3 Å². The van der Waals surface area contributed by atoms with E-state index in [0.717, 1.165) is 16.9 Å². The zero-order chi connectivity index (χ0) is 18.8. The van der Waals surface area contributed by atoms with E-state index in [9.17, 15) is 4.39 Å². The highest BCUT2D eigenvalue weighted by atomic mass is 35.5. The molecule has 0 saturated carbocycles. The molecule has 2 aromatic heterocycles. The first kappa shape index (κ1) is 17.6. The molecule has 2 aromatic carbocycles. The van der Waals surface area contributed by atoms with Crippen LogP contribution in [-0.4, -0.2) is 14.6 Å². The third-order valence-corrected chi connectivity index (χ3v) is 4.40. The molecular weight excluding hydrogens is 390 g/mol. The van der Waals surface area contributed by atoms with Crippen molar-refractivity contribution in [1.29, 1.82) is 0 Å². The molecule has 4 aromatic rings. The summed E-state index contributed by atoms with van der Waals surface area (Å²) in [5, 5.41) is 7.96. The summed E-state index contributed by atoms with van der Waals surface area (Å²) in [7, 11) is 0. The molecule has 0 fully saturated rings. The topological polar surface area (TPSA) is 51.5 Å². The van der Waals surface area contributed by atoms with Gasteiger partial charge >= 0.3 is 0 Å². The maximum absolute atomic E-state index is 13.3. The molecule has 0 amide bonds. The number of fused-ring (bicyclic) bond motifs is 1. The van der Waals surface area contributed by atoms with Gasteiger partial charge in [0.05, 0.1) is 29.3 Å². The Morgan fingerprint density at radius 2 is 2.00 bits per heavy atom. The van der Waals surface area contributed by atoms with Gasteiger partial charge in [0, 0.05) is 29.3 Å². The van der Waals surface area contributed by atoms with Crippen LogP contribution in [0.25, 0.3) is 5.65 Å². The molecule has 0 unspecified atom stereocenters. The van der Waals surface area contributed by atoms with Crippen molar-refractivity contribution in [3.8, 4) is 11.5 Å². The van der Waals surface area contributed by atoms with Gasteiger partial charge < -0.3 is 10.1 Å². The maximum atomic E-state index is 13.3. The molecule has 0 aliphatic heterocycles. The van der Waals surface area contributed by atoms with Crippen molar-refractivity contribution >= 4 is 34.5 Å². The summed E-state index contributed by atoms with van der Waals surface area (Å²) >= 11 is 11.9. The normalized spacial score (nSPS) is 10.9. The fraction of sp³-hybridized carbons (Fsp3) is 0.0526. The lowest BCUT2D eigenvalue weighted by Crippen LogP contribution is -2.03. The predicted octanol–water partition coefficient (Wildman–Crippen LogP) is 5.58. The van der Waals surface area contributed by atoms with Crippen LogP contribution >= 0.6 is 23.2 Å². The fourth-order valence-electron chi connectivity index (χ4n) is 2.54. The van der Waals surface area contributed by atoms with E-state index in [1.54, 1.807) is 29.0 Å². The Hall–Kier alpha value is -2.83. The van der Waals surface area contributed by atoms with Crippen molar-refractivity contribution < 1.29 is 9.13 Å². The lowest BCUT2D eigenvalue weighted by atomic mass is 10.2. The molecule has 0 bridgehead atoms. The lowest BCUT2D eigenvalue weighted by Gasteiger charge is -2.13. The minimum Gasteiger partial charge on any atom is -0.457 e. The molecular formula is C19H13Cl2FN4O. The average Bonchev–Trinajstić information content (AvgIpc) is 3.12. The summed E-state index contributed by atoms with van der Waals surface area (Å²) in [5.41, 5.74) is 2.43. The zero-order valence-corrected chi connectivity index (χ0v) is 15.4. The Morgan fingerprint density at radius 1 is 1.11 bits per heavy atom. The van der Waals surface area contributed by atoms with E-state index >= 15 is 0 Å². The molecule has 1 N–H and O–H groups in total. The molecule has 0 atom stereocenters. The Morgan fingerprint density at radius 3 is 2.85 bits per heavy atom. The number of hydrogen-bond acceptors (Lipinski definition) is 4. The minimum atomic E-state index is -0.501. The summed E-state index contributed by atoms with van der Waals surface area (Å²) in [6.45, 7) is 0.468. The molecule has 136 valence electrons. The van der Waals surface area contributed by atoms with Gasteiger partial charge in [0.25, 0.3) is 0 Å². The molecule has 0 aliphatic carbocycles. The van der Waals surface area contributed by atoms with Gasteiger partial charge in [0.15, 0.2) is 5.65 Å². The van der Waals surface area contributed by atoms with Gasteiger partial charge in [-0.1, -0.05) is 29.3 Å². The van der Waals surface area contributed by atoms with Crippen LogP contribution in [0.4, 0.5) is 10.1 Å². The fourth-order valence-corrected chi connectivity index (χ4v) is 2.87. The molecule has 5 nitrogen and oxygen atoms in total. The number of aromatic nitrogens is 3. The number of ether oxygens (including phenoxy) is 1. The van der Waals surface area contributed by atoms with Gasteiger partial charge in [-0.15, -0.1) is 0 Å². The van der Waals surface area contributed by atoms with Crippen LogP contribution in [0.2, 0.25) is 10.0 Å². The van der Waals surface area contributed by atoms with Gasteiger partial charge in [0.2, 0.25) is 0 Å². The number of nitrogens with one attached hydrogen (secondary N) is 1. The summed E-state index contributed by atoms with van der Waals surface area (Å²) < 4.78 is 20.9. The van der Waals surface area contributed by atoms with Gasteiger partial charge in [-0.2, -0.15) is 5.10 Å². The Balaban J connectivity index is 1.55. The molecule has 8 heteroatoms. The Kier molecular flexibility index (Phi) is 4.83. The predicted molar refractivity (Wildman–Crippen MR) is 103 cm³/mol. The van der Waals surface area contributed by atoms with E-state index in [-0.39, 0.29) is 5.02 Å². The highest BCUT2D eigenvalue weighted by molar-refractivity contribution is 6.31. The SMILES string of the molecule is Fc1ccc(Oc2cc(Cl)ccc2CNc2cnc3ccnn3c2)cc1Cl. The van der Waals surface area contributed by atoms with Crippen LogP contribution in [0.3, 0.4) is 0 Å². The first-order chi connectivity index (χ1) is 13.1. The number of hydrogen-bond donors (Lipinski definition) is 1. The van der Waals surface area contributed by atoms with Crippen LogP contribution < -0.4 is 10.1 Å². The lowest BCUT2D eigenvalue weighted by molar-refractivity contribution is 0.475. The maximum Gasteiger partial charge on any atom is 0.155 e. The first-order valence-electron chi connectivity index (χ1n) is 8.03. The van der Waals surface area contributed by atoms with Crippen LogP contribution in [0.15, 0.2) is 61.1 Å². The molecule has 0 radical (unpaired) electrons. The minimum absolute atomic E-state index is 0.00666. The van der Waals surface area contributed by atoms with Crippen LogP contribution in [-0.2, 0) is 6.54 Å². The van der Waals surface area contributed by atoms with Crippen LogP contribution in [0, 0.1) is 5.82 Å². The van der Waals surface area contributed by atoms with Gasteiger partial charge in [-0.25, -0.2) is 13.9 Å². The van der Waals surface area contributed by atoms with E-state index in [0.29, 0.717) is 23.1 Å². The molecule has 4 rings (SSSR count). The van der Waals surface area contributed by atoms with Crippen molar-refractivity contribution in [2.45, 2.75) is 6.54 Å². The third kappa shape index (κ3) is 3.97. The van der Waals surface area contributed by atoms with E-state index < -0.39 is 5.82 Å². The average molecular weight is 403 g/mol. The number of anilines is 1. The number of rotatable bonds is 5. The van der Waals surface area contributed by atoms with Crippen molar-refractivity contribution in [1.82, 2.24) is 14.6 Å². The molecule has 2 heterocycles. The standard InChI is InChI=1S/C19H13Cl2FN4O/c20-13-2-1-12(9-23-14-10-24-19-5-6-25-26(19)11-14)18(7-13)27-15-3-4-17(22)16(21)8-15/h1-8,10-11,23H,9H2. The number of benzene rings is 2. The van der Waals surface area contributed by atoms with Crippen LogP contribution in [0.1, 0.15) is 5.56 Å². The van der Waals surface area contributed by atoms with E-state index in [2.05, 4.69) is 15.4 Å². The number of nitrogens with zero attached hydrogens (tertiary/aromatic N) is 3. The van der Waals surface area contributed by atoms with Gasteiger partial charge in [0.1, 0.15) is 17.3 Å². The largest absolute Gasteiger partial charge is 0.457 e. The molecule has 27 heavy (non-hydrogen) atoms. The first-order valence-corrected chi connectivity index (χ1v) is 8.79. The second kappa shape index (κ2) is 7.42. The van der Waals surface area contributed by atoms with Gasteiger partial charge in [-0.3, -0.25) is 0 Å². The molecule has 0 spiro atoms. The highest BCUT2D eigenvalue weighted by Crippen LogP contribution is 2.31. The van der Waals surface area contributed by atoms with E-state index in [4.69, 9.17) is 27.9 Å². The smallest absolute Gasteiger partial charge is 0.155 e. The summed E-state index contributed by atoms with van der Waals surface area (Å²) in [5.74, 6) is 0.467. The molecule has 0 saturated heterocycles. The monoisotopic (exact) mass is 402 g/mol. The van der Waals surface area contributed by atoms with E-state index in [1.807, 2.05) is 18.3 Å². The summed E-state index contributed by atoms with van der Waals surface area (Å²) in [6.07, 6.45) is 5.26.